The molecule has 1 saturated heterocycles. The maximum absolute atomic E-state index is 12.6. The Balaban J connectivity index is 1.81. The van der Waals surface area contributed by atoms with Crippen LogP contribution in [0.1, 0.15) is 39.6 Å². The molecule has 2 aromatic rings. The van der Waals surface area contributed by atoms with E-state index in [1.54, 1.807) is 24.3 Å². The molecule has 0 radical (unpaired) electrons. The van der Waals surface area contributed by atoms with Crippen LogP contribution in [0.5, 0.6) is 0 Å². The monoisotopic (exact) mass is 382 g/mol. The number of benzene rings is 2. The van der Waals surface area contributed by atoms with E-state index >= 15 is 0 Å². The maximum Gasteiger partial charge on any atom is 0.340 e. The van der Waals surface area contributed by atoms with E-state index in [0.29, 0.717) is 30.0 Å². The highest BCUT2D eigenvalue weighted by atomic mass is 16.5. The third kappa shape index (κ3) is 4.70. The minimum Gasteiger partial charge on any atom is -0.465 e. The van der Waals surface area contributed by atoms with Crippen LogP contribution in [0.2, 0.25) is 0 Å². The molecule has 1 aliphatic heterocycles. The van der Waals surface area contributed by atoms with Gasteiger partial charge in [0.05, 0.1) is 31.6 Å². The van der Waals surface area contributed by atoms with Gasteiger partial charge in [0, 0.05) is 24.3 Å². The van der Waals surface area contributed by atoms with Crippen molar-refractivity contribution >= 4 is 23.3 Å². The summed E-state index contributed by atoms with van der Waals surface area (Å²) in [7, 11) is 1.34. The largest absolute Gasteiger partial charge is 0.465 e. The summed E-state index contributed by atoms with van der Waals surface area (Å²) in [6, 6.07) is 12.9. The lowest BCUT2D eigenvalue weighted by Crippen LogP contribution is -2.36. The van der Waals surface area contributed by atoms with Gasteiger partial charge in [-0.3, -0.25) is 4.79 Å². The Labute approximate surface area is 165 Å². The van der Waals surface area contributed by atoms with Crippen molar-refractivity contribution in [3.63, 3.8) is 0 Å². The molecule has 0 aromatic heterocycles. The number of ether oxygens (including phenoxy) is 2. The molecular weight excluding hydrogens is 356 g/mol. The van der Waals surface area contributed by atoms with Gasteiger partial charge in [0.2, 0.25) is 0 Å². The van der Waals surface area contributed by atoms with Crippen LogP contribution in [0.3, 0.4) is 0 Å². The van der Waals surface area contributed by atoms with Crippen molar-refractivity contribution in [3.8, 4) is 0 Å². The Hall–Kier alpha value is -2.86. The van der Waals surface area contributed by atoms with Gasteiger partial charge in [0.25, 0.3) is 5.91 Å². The first kappa shape index (κ1) is 19.9. The molecule has 28 heavy (non-hydrogen) atoms. The fraction of sp³-hybridized carbons (Fsp3) is 0.364. The van der Waals surface area contributed by atoms with Crippen LogP contribution >= 0.6 is 0 Å². The Morgan fingerprint density at radius 3 is 2.46 bits per heavy atom. The van der Waals surface area contributed by atoms with Gasteiger partial charge >= 0.3 is 5.97 Å². The van der Waals surface area contributed by atoms with Gasteiger partial charge in [0.1, 0.15) is 0 Å². The number of nitrogens with one attached hydrogen (secondary N) is 1. The summed E-state index contributed by atoms with van der Waals surface area (Å²) in [5, 5.41) is 2.84. The number of esters is 1. The molecule has 6 heteroatoms. The number of hydrogen-bond acceptors (Lipinski definition) is 5. The summed E-state index contributed by atoms with van der Waals surface area (Å²) in [4.78, 5) is 27.1. The highest BCUT2D eigenvalue weighted by Gasteiger charge is 2.19. The summed E-state index contributed by atoms with van der Waals surface area (Å²) < 4.78 is 10.3. The Kier molecular flexibility index (Phi) is 6.66. The number of methoxy groups -OCH3 is 1. The van der Waals surface area contributed by atoms with E-state index in [2.05, 4.69) is 17.1 Å². The molecular formula is C22H26N2O4. The number of nitrogens with zero attached hydrogens (tertiary/aromatic N) is 1. The molecule has 0 bridgehead atoms. The molecule has 1 heterocycles. The highest BCUT2D eigenvalue weighted by Crippen LogP contribution is 2.25. The van der Waals surface area contributed by atoms with Crippen molar-refractivity contribution in [2.45, 2.75) is 19.8 Å². The van der Waals surface area contributed by atoms with Crippen LogP contribution in [0, 0.1) is 0 Å². The smallest absolute Gasteiger partial charge is 0.340 e. The second kappa shape index (κ2) is 9.37. The molecule has 1 aliphatic rings. The van der Waals surface area contributed by atoms with Crippen molar-refractivity contribution in [1.29, 1.82) is 0 Å². The normalized spacial score (nSPS) is 13.9. The lowest BCUT2D eigenvalue weighted by Gasteiger charge is -2.29. The fourth-order valence-corrected chi connectivity index (χ4v) is 3.24. The first-order valence-electron chi connectivity index (χ1n) is 9.57. The number of carbonyl (C=O) groups excluding carboxylic acids is 2. The van der Waals surface area contributed by atoms with Gasteiger partial charge in [-0.25, -0.2) is 4.79 Å². The number of hydrogen-bond donors (Lipinski definition) is 1. The Morgan fingerprint density at radius 1 is 1.11 bits per heavy atom. The first-order chi connectivity index (χ1) is 13.6. The van der Waals surface area contributed by atoms with Gasteiger partial charge in [-0.05, 0) is 42.3 Å². The lowest BCUT2D eigenvalue weighted by atomic mass is 10.1. The van der Waals surface area contributed by atoms with Crippen LogP contribution in [0.25, 0.3) is 0 Å². The van der Waals surface area contributed by atoms with Gasteiger partial charge in [0.15, 0.2) is 0 Å². The van der Waals surface area contributed by atoms with Crippen LogP contribution in [0.4, 0.5) is 11.4 Å². The molecule has 0 unspecified atom stereocenters. The third-order valence-corrected chi connectivity index (χ3v) is 4.79. The Bertz CT molecular complexity index is 827. The van der Waals surface area contributed by atoms with Crippen molar-refractivity contribution < 1.29 is 19.1 Å². The van der Waals surface area contributed by atoms with Gasteiger partial charge in [-0.15, -0.1) is 0 Å². The average molecular weight is 382 g/mol. The summed E-state index contributed by atoms with van der Waals surface area (Å²) in [6.07, 6.45) is 2.04. The van der Waals surface area contributed by atoms with E-state index in [-0.39, 0.29) is 5.91 Å². The zero-order valence-corrected chi connectivity index (χ0v) is 16.4. The molecule has 2 aromatic carbocycles. The predicted molar refractivity (Wildman–Crippen MR) is 109 cm³/mol. The number of amides is 1. The molecule has 0 spiro atoms. The number of carbonyl (C=O) groups is 2. The quantitative estimate of drug-likeness (QED) is 0.775. The highest BCUT2D eigenvalue weighted by molar-refractivity contribution is 6.08. The lowest BCUT2D eigenvalue weighted by molar-refractivity contribution is 0.0602. The zero-order chi connectivity index (χ0) is 19.9. The topological polar surface area (TPSA) is 67.9 Å². The van der Waals surface area contributed by atoms with Gasteiger partial charge in [-0.1, -0.05) is 25.5 Å². The van der Waals surface area contributed by atoms with E-state index in [1.807, 2.05) is 18.2 Å². The van der Waals surface area contributed by atoms with E-state index < -0.39 is 5.97 Å². The summed E-state index contributed by atoms with van der Waals surface area (Å²) in [6.45, 7) is 4.95. The second-order valence-corrected chi connectivity index (χ2v) is 6.72. The number of aryl methyl sites for hydroxylation is 1. The molecule has 3 rings (SSSR count). The average Bonchev–Trinajstić information content (AvgIpc) is 2.75. The molecule has 0 saturated carbocycles. The van der Waals surface area contributed by atoms with E-state index in [9.17, 15) is 9.59 Å². The van der Waals surface area contributed by atoms with Crippen LogP contribution in [-0.4, -0.2) is 45.3 Å². The van der Waals surface area contributed by atoms with Crippen molar-refractivity contribution in [3.05, 3.63) is 59.2 Å². The molecule has 1 fully saturated rings. The number of anilines is 2. The minimum absolute atomic E-state index is 0.257. The number of rotatable bonds is 6. The molecule has 0 aliphatic carbocycles. The SMILES string of the molecule is CCCc1ccc(C(=O)Nc2ccc(N3CCOCC3)cc2C(=O)OC)cc1. The minimum atomic E-state index is -0.483. The predicted octanol–water partition coefficient (Wildman–Crippen LogP) is 3.51. The molecule has 1 N–H and O–H groups in total. The first-order valence-corrected chi connectivity index (χ1v) is 9.57. The van der Waals surface area contributed by atoms with Crippen LogP contribution < -0.4 is 10.2 Å². The Morgan fingerprint density at radius 2 is 1.82 bits per heavy atom. The van der Waals surface area contributed by atoms with Crippen molar-refractivity contribution in [1.82, 2.24) is 0 Å². The van der Waals surface area contributed by atoms with Crippen LogP contribution in [-0.2, 0) is 15.9 Å². The third-order valence-electron chi connectivity index (χ3n) is 4.79. The summed E-state index contributed by atoms with van der Waals surface area (Å²) >= 11 is 0. The van der Waals surface area contributed by atoms with E-state index in [0.717, 1.165) is 31.6 Å². The fourth-order valence-electron chi connectivity index (χ4n) is 3.24. The van der Waals surface area contributed by atoms with Crippen molar-refractivity contribution in [2.24, 2.45) is 0 Å². The van der Waals surface area contributed by atoms with E-state index in [1.165, 1.54) is 12.7 Å². The second-order valence-electron chi connectivity index (χ2n) is 6.72. The molecule has 1 amide bonds. The number of morpholine rings is 1. The maximum atomic E-state index is 12.6. The van der Waals surface area contributed by atoms with Gasteiger partial charge < -0.3 is 19.7 Å². The molecule has 148 valence electrons. The molecule has 6 nitrogen and oxygen atoms in total. The van der Waals surface area contributed by atoms with E-state index in [4.69, 9.17) is 9.47 Å². The summed E-state index contributed by atoms with van der Waals surface area (Å²) in [5.41, 5.74) is 3.43. The standard InChI is InChI=1S/C22H26N2O4/c1-3-4-16-5-7-17(8-6-16)21(25)23-20-10-9-18(15-19(20)22(26)27-2)24-11-13-28-14-12-24/h5-10,15H,3-4,11-14H2,1-2H3,(H,23,25). The van der Waals surface area contributed by atoms with Gasteiger partial charge in [-0.2, -0.15) is 0 Å². The van der Waals surface area contributed by atoms with Crippen LogP contribution in [0.15, 0.2) is 42.5 Å². The summed E-state index contributed by atoms with van der Waals surface area (Å²) in [5.74, 6) is -0.740. The zero-order valence-electron chi connectivity index (χ0n) is 16.4. The molecule has 0 atom stereocenters. The van der Waals surface area contributed by atoms with Crippen molar-refractivity contribution in [2.75, 3.05) is 43.6 Å².